The third kappa shape index (κ3) is 3.39. The molecule has 23 heavy (non-hydrogen) atoms. The highest BCUT2D eigenvalue weighted by molar-refractivity contribution is 5.89. The molecule has 3 aromatic rings. The molecule has 0 bridgehead atoms. The molecule has 0 aromatic carbocycles. The van der Waals surface area contributed by atoms with Gasteiger partial charge in [-0.3, -0.25) is 19.4 Å². The summed E-state index contributed by atoms with van der Waals surface area (Å²) < 4.78 is 1.54. The van der Waals surface area contributed by atoms with Crippen molar-refractivity contribution in [2.24, 2.45) is 0 Å². The monoisotopic (exact) mass is 312 g/mol. The fourth-order valence-electron chi connectivity index (χ4n) is 2.07. The zero-order chi connectivity index (χ0) is 16.2. The summed E-state index contributed by atoms with van der Waals surface area (Å²) in [5.41, 5.74) is 2.18. The number of rotatable bonds is 5. The van der Waals surface area contributed by atoms with Crippen LogP contribution in [0.5, 0.6) is 0 Å². The van der Waals surface area contributed by atoms with E-state index in [0.29, 0.717) is 23.8 Å². The molecule has 3 heterocycles. The van der Waals surface area contributed by atoms with Crippen LogP contribution >= 0.6 is 0 Å². The molecule has 9 heteroatoms. The minimum absolute atomic E-state index is 0.0816. The molecule has 0 aliphatic carbocycles. The Labute approximate surface area is 132 Å². The van der Waals surface area contributed by atoms with Crippen LogP contribution in [0, 0.1) is 6.92 Å². The lowest BCUT2D eigenvalue weighted by atomic mass is 10.2. The van der Waals surface area contributed by atoms with Crippen molar-refractivity contribution in [3.8, 4) is 11.4 Å². The highest BCUT2D eigenvalue weighted by atomic mass is 16.2. The molecule has 3 rings (SSSR count). The molecule has 0 radical (unpaired) electrons. The number of amides is 1. The van der Waals surface area contributed by atoms with Crippen LogP contribution in [0.1, 0.15) is 12.6 Å². The van der Waals surface area contributed by atoms with Gasteiger partial charge in [-0.15, -0.1) is 5.10 Å². The van der Waals surface area contributed by atoms with E-state index in [2.05, 4.69) is 30.6 Å². The standard InChI is InChI=1S/C14H16N8O/c1-3-22-17-8-12(20-22)18-13(23)9-21-7-4-11(19-21)14-10(2)15-5-6-16-14/h4-8H,3,9H2,1-2H3,(H,18,20,23). The Morgan fingerprint density at radius 2 is 2.09 bits per heavy atom. The van der Waals surface area contributed by atoms with E-state index in [9.17, 15) is 4.79 Å². The molecule has 0 aliphatic heterocycles. The average molecular weight is 312 g/mol. The Hall–Kier alpha value is -3.10. The molecule has 0 saturated carbocycles. The quantitative estimate of drug-likeness (QED) is 0.750. The molecule has 0 spiro atoms. The fourth-order valence-corrected chi connectivity index (χ4v) is 2.07. The first-order valence-corrected chi connectivity index (χ1v) is 7.17. The SMILES string of the molecule is CCn1ncc(NC(=O)Cn2ccc(-c3nccnc3C)n2)n1. The van der Waals surface area contributed by atoms with Crippen molar-refractivity contribution in [2.45, 2.75) is 26.9 Å². The maximum Gasteiger partial charge on any atom is 0.247 e. The van der Waals surface area contributed by atoms with Crippen molar-refractivity contribution in [1.82, 2.24) is 34.7 Å². The highest BCUT2D eigenvalue weighted by Gasteiger charge is 2.10. The van der Waals surface area contributed by atoms with Crippen molar-refractivity contribution in [1.29, 1.82) is 0 Å². The Morgan fingerprint density at radius 3 is 2.83 bits per heavy atom. The number of aromatic nitrogens is 7. The molecular weight excluding hydrogens is 296 g/mol. The number of anilines is 1. The summed E-state index contributed by atoms with van der Waals surface area (Å²) in [5, 5.41) is 15.1. The molecule has 1 N–H and O–H groups in total. The van der Waals surface area contributed by atoms with E-state index < -0.39 is 0 Å². The molecular formula is C14H16N8O. The van der Waals surface area contributed by atoms with E-state index in [4.69, 9.17) is 0 Å². The lowest BCUT2D eigenvalue weighted by Gasteiger charge is -2.02. The molecule has 9 nitrogen and oxygen atoms in total. The predicted molar refractivity (Wildman–Crippen MR) is 82.3 cm³/mol. The van der Waals surface area contributed by atoms with E-state index in [-0.39, 0.29) is 12.5 Å². The Balaban J connectivity index is 1.67. The van der Waals surface area contributed by atoms with Crippen LogP contribution in [0.3, 0.4) is 0 Å². The van der Waals surface area contributed by atoms with Crippen LogP contribution < -0.4 is 5.32 Å². The van der Waals surface area contributed by atoms with Gasteiger partial charge in [-0.25, -0.2) is 0 Å². The van der Waals surface area contributed by atoms with Crippen LogP contribution in [0.2, 0.25) is 0 Å². The zero-order valence-corrected chi connectivity index (χ0v) is 12.8. The van der Waals surface area contributed by atoms with E-state index in [1.165, 1.54) is 11.0 Å². The molecule has 0 saturated heterocycles. The van der Waals surface area contributed by atoms with Crippen LogP contribution in [-0.2, 0) is 17.9 Å². The second-order valence-electron chi connectivity index (χ2n) is 4.86. The van der Waals surface area contributed by atoms with Gasteiger partial charge in [0.05, 0.1) is 18.4 Å². The van der Waals surface area contributed by atoms with Gasteiger partial charge in [-0.05, 0) is 19.9 Å². The van der Waals surface area contributed by atoms with Gasteiger partial charge in [0.1, 0.15) is 17.9 Å². The van der Waals surface area contributed by atoms with Crippen molar-refractivity contribution < 1.29 is 4.79 Å². The summed E-state index contributed by atoms with van der Waals surface area (Å²) in [6, 6.07) is 1.80. The largest absolute Gasteiger partial charge is 0.306 e. The summed E-state index contributed by atoms with van der Waals surface area (Å²) in [6.45, 7) is 4.52. The van der Waals surface area contributed by atoms with Gasteiger partial charge in [-0.2, -0.15) is 15.0 Å². The van der Waals surface area contributed by atoms with E-state index in [1.54, 1.807) is 29.3 Å². The predicted octanol–water partition coefficient (Wildman–Crippen LogP) is 0.899. The number of carbonyl (C=O) groups excluding carboxylic acids is 1. The van der Waals surface area contributed by atoms with Gasteiger partial charge in [0.15, 0.2) is 5.82 Å². The molecule has 0 aliphatic rings. The topological polar surface area (TPSA) is 103 Å². The second-order valence-corrected chi connectivity index (χ2v) is 4.86. The van der Waals surface area contributed by atoms with Crippen molar-refractivity contribution in [3.63, 3.8) is 0 Å². The van der Waals surface area contributed by atoms with Gasteiger partial charge in [0.25, 0.3) is 0 Å². The first kappa shape index (κ1) is 14.8. The van der Waals surface area contributed by atoms with Gasteiger partial charge >= 0.3 is 0 Å². The van der Waals surface area contributed by atoms with E-state index in [0.717, 1.165) is 5.69 Å². The fraction of sp³-hybridized carbons (Fsp3) is 0.286. The van der Waals surface area contributed by atoms with E-state index in [1.807, 2.05) is 13.8 Å². The van der Waals surface area contributed by atoms with Crippen LogP contribution in [0.15, 0.2) is 30.9 Å². The molecule has 3 aromatic heterocycles. The number of carbonyl (C=O) groups is 1. The van der Waals surface area contributed by atoms with Gasteiger partial charge in [-0.1, -0.05) is 0 Å². The zero-order valence-electron chi connectivity index (χ0n) is 12.8. The van der Waals surface area contributed by atoms with Gasteiger partial charge in [0, 0.05) is 18.6 Å². The number of nitrogens with zero attached hydrogens (tertiary/aromatic N) is 7. The van der Waals surface area contributed by atoms with Crippen molar-refractivity contribution >= 4 is 11.7 Å². The third-order valence-corrected chi connectivity index (χ3v) is 3.16. The lowest BCUT2D eigenvalue weighted by molar-refractivity contribution is -0.116. The summed E-state index contributed by atoms with van der Waals surface area (Å²) in [6.07, 6.45) is 6.49. The van der Waals surface area contributed by atoms with Crippen LogP contribution in [-0.4, -0.2) is 40.6 Å². The van der Waals surface area contributed by atoms with Crippen LogP contribution in [0.25, 0.3) is 11.4 Å². The summed E-state index contributed by atoms with van der Waals surface area (Å²) in [7, 11) is 0. The maximum atomic E-state index is 12.0. The van der Waals surface area contributed by atoms with Crippen molar-refractivity contribution in [3.05, 3.63) is 36.5 Å². The lowest BCUT2D eigenvalue weighted by Crippen LogP contribution is -2.19. The average Bonchev–Trinajstić information content (AvgIpc) is 3.17. The summed E-state index contributed by atoms with van der Waals surface area (Å²) in [4.78, 5) is 22.0. The van der Waals surface area contributed by atoms with Crippen LogP contribution in [0.4, 0.5) is 5.82 Å². The first-order valence-electron chi connectivity index (χ1n) is 7.17. The normalized spacial score (nSPS) is 10.7. The summed E-state index contributed by atoms with van der Waals surface area (Å²) in [5.74, 6) is 0.202. The van der Waals surface area contributed by atoms with Gasteiger partial charge in [0.2, 0.25) is 5.91 Å². The Kier molecular flexibility index (Phi) is 4.09. The smallest absolute Gasteiger partial charge is 0.247 e. The minimum atomic E-state index is -0.223. The molecule has 0 unspecified atom stereocenters. The van der Waals surface area contributed by atoms with Crippen molar-refractivity contribution in [2.75, 3.05) is 5.32 Å². The number of aryl methyl sites for hydroxylation is 2. The first-order chi connectivity index (χ1) is 11.2. The number of nitrogens with one attached hydrogen (secondary N) is 1. The third-order valence-electron chi connectivity index (χ3n) is 3.16. The molecule has 0 fully saturated rings. The molecule has 0 atom stereocenters. The highest BCUT2D eigenvalue weighted by Crippen LogP contribution is 2.16. The minimum Gasteiger partial charge on any atom is -0.306 e. The summed E-state index contributed by atoms with van der Waals surface area (Å²) >= 11 is 0. The maximum absolute atomic E-state index is 12.0. The second kappa shape index (κ2) is 6.34. The Morgan fingerprint density at radius 1 is 1.26 bits per heavy atom. The number of hydrogen-bond donors (Lipinski definition) is 1. The Bertz CT molecular complexity index is 822. The molecule has 1 amide bonds. The van der Waals surface area contributed by atoms with Gasteiger partial charge < -0.3 is 5.32 Å². The van der Waals surface area contributed by atoms with E-state index >= 15 is 0 Å². The molecule has 118 valence electrons. The number of hydrogen-bond acceptors (Lipinski definition) is 6.